The van der Waals surface area contributed by atoms with Crippen LogP contribution in [0.3, 0.4) is 0 Å². The van der Waals surface area contributed by atoms with Crippen LogP contribution in [0.2, 0.25) is 0 Å². The number of aliphatic hydroxyl groups excluding tert-OH is 1. The van der Waals surface area contributed by atoms with Gasteiger partial charge in [-0.25, -0.2) is 0 Å². The van der Waals surface area contributed by atoms with Crippen LogP contribution in [0.15, 0.2) is 0 Å². The summed E-state index contributed by atoms with van der Waals surface area (Å²) in [6.07, 6.45) is 3.73. The summed E-state index contributed by atoms with van der Waals surface area (Å²) in [4.78, 5) is 4.77. The van der Waals surface area contributed by atoms with Crippen molar-refractivity contribution in [2.45, 2.75) is 26.2 Å². The second-order valence-electron chi connectivity index (χ2n) is 4.73. The van der Waals surface area contributed by atoms with E-state index in [1.165, 1.54) is 19.3 Å². The summed E-state index contributed by atoms with van der Waals surface area (Å²) < 4.78 is 5.62. The Hall–Kier alpha value is -0.160. The largest absolute Gasteiger partial charge is 0.395 e. The van der Waals surface area contributed by atoms with Crippen LogP contribution in [0, 0.1) is 0 Å². The molecule has 0 aromatic rings. The quantitative estimate of drug-likeness (QED) is 0.609. The number of hydrogen-bond acceptors (Lipinski definition) is 4. The molecule has 1 heterocycles. The minimum Gasteiger partial charge on any atom is -0.395 e. The zero-order valence-electron chi connectivity index (χ0n) is 11.2. The molecule has 1 saturated heterocycles. The first kappa shape index (κ1) is 14.9. The number of ether oxygens (including phenoxy) is 1. The Bertz CT molecular complexity index is 171. The van der Waals surface area contributed by atoms with E-state index in [9.17, 15) is 0 Å². The number of β-amino-alcohol motifs (C(OH)–C–C–N with tert-alkyl or cyclic N) is 1. The third-order valence-corrected chi connectivity index (χ3v) is 3.33. The summed E-state index contributed by atoms with van der Waals surface area (Å²) in [6, 6.07) is 0. The van der Waals surface area contributed by atoms with Gasteiger partial charge in [-0.2, -0.15) is 0 Å². The zero-order chi connectivity index (χ0) is 12.3. The molecule has 0 amide bonds. The first-order chi connectivity index (χ1) is 8.36. The zero-order valence-corrected chi connectivity index (χ0v) is 11.2. The molecule has 0 bridgehead atoms. The van der Waals surface area contributed by atoms with Crippen LogP contribution in [0.5, 0.6) is 0 Å². The van der Waals surface area contributed by atoms with Crippen molar-refractivity contribution >= 4 is 0 Å². The lowest BCUT2D eigenvalue weighted by Gasteiger charge is -2.34. The molecule has 0 aromatic carbocycles. The summed E-state index contributed by atoms with van der Waals surface area (Å²) in [5, 5.41) is 8.85. The molecular weight excluding hydrogens is 216 g/mol. The number of piperazine rings is 1. The molecule has 0 atom stereocenters. The highest BCUT2D eigenvalue weighted by Gasteiger charge is 2.15. The van der Waals surface area contributed by atoms with E-state index in [0.717, 1.165) is 52.5 Å². The van der Waals surface area contributed by atoms with Crippen LogP contribution >= 0.6 is 0 Å². The minimum atomic E-state index is 0.278. The molecule has 1 fully saturated rings. The van der Waals surface area contributed by atoms with Gasteiger partial charge in [0.1, 0.15) is 0 Å². The third-order valence-electron chi connectivity index (χ3n) is 3.33. The van der Waals surface area contributed by atoms with Crippen molar-refractivity contribution < 1.29 is 9.84 Å². The van der Waals surface area contributed by atoms with Gasteiger partial charge in [0, 0.05) is 45.9 Å². The van der Waals surface area contributed by atoms with Crippen molar-refractivity contribution in [2.24, 2.45) is 0 Å². The number of nitrogens with zero attached hydrogens (tertiary/aromatic N) is 2. The molecule has 0 radical (unpaired) electrons. The number of aliphatic hydroxyl groups is 1. The van der Waals surface area contributed by atoms with Crippen LogP contribution in [0.1, 0.15) is 26.2 Å². The smallest absolute Gasteiger partial charge is 0.0593 e. The van der Waals surface area contributed by atoms with Crippen molar-refractivity contribution in [3.63, 3.8) is 0 Å². The fraction of sp³-hybridized carbons (Fsp3) is 1.00. The van der Waals surface area contributed by atoms with Crippen molar-refractivity contribution in [2.75, 3.05) is 59.1 Å². The SMILES string of the molecule is CCCCCOCCN1CCN(CCO)CC1. The molecule has 4 nitrogen and oxygen atoms in total. The lowest BCUT2D eigenvalue weighted by Crippen LogP contribution is -2.47. The van der Waals surface area contributed by atoms with Gasteiger partial charge in [0.25, 0.3) is 0 Å². The van der Waals surface area contributed by atoms with E-state index in [0.29, 0.717) is 0 Å². The van der Waals surface area contributed by atoms with Crippen LogP contribution < -0.4 is 0 Å². The lowest BCUT2D eigenvalue weighted by molar-refractivity contribution is 0.0687. The summed E-state index contributed by atoms with van der Waals surface area (Å²) >= 11 is 0. The van der Waals surface area contributed by atoms with Crippen LogP contribution in [-0.4, -0.2) is 74.0 Å². The van der Waals surface area contributed by atoms with E-state index in [2.05, 4.69) is 16.7 Å². The summed E-state index contributed by atoms with van der Waals surface area (Å²) in [5.41, 5.74) is 0. The standard InChI is InChI=1S/C13H28N2O2/c1-2-3-4-12-17-13-10-15-7-5-14(6-8-15)9-11-16/h16H,2-13H2,1H3. The van der Waals surface area contributed by atoms with Crippen LogP contribution in [0.4, 0.5) is 0 Å². The molecule has 0 unspecified atom stereocenters. The number of hydrogen-bond donors (Lipinski definition) is 1. The van der Waals surface area contributed by atoms with E-state index in [4.69, 9.17) is 9.84 Å². The van der Waals surface area contributed by atoms with Gasteiger partial charge in [0.15, 0.2) is 0 Å². The minimum absolute atomic E-state index is 0.278. The maximum Gasteiger partial charge on any atom is 0.0593 e. The summed E-state index contributed by atoms with van der Waals surface area (Å²) in [6.45, 7) is 10.5. The number of rotatable bonds is 9. The van der Waals surface area contributed by atoms with Gasteiger partial charge in [-0.1, -0.05) is 19.8 Å². The van der Waals surface area contributed by atoms with Crippen molar-refractivity contribution in [1.29, 1.82) is 0 Å². The van der Waals surface area contributed by atoms with Crippen molar-refractivity contribution in [3.05, 3.63) is 0 Å². The van der Waals surface area contributed by atoms with E-state index in [1.807, 2.05) is 0 Å². The Morgan fingerprint density at radius 1 is 0.941 bits per heavy atom. The van der Waals surface area contributed by atoms with Gasteiger partial charge in [-0.05, 0) is 6.42 Å². The molecule has 102 valence electrons. The summed E-state index contributed by atoms with van der Waals surface area (Å²) in [5.74, 6) is 0. The first-order valence-electron chi connectivity index (χ1n) is 7.00. The van der Waals surface area contributed by atoms with Gasteiger partial charge in [0.05, 0.1) is 13.2 Å². The molecule has 1 rings (SSSR count). The molecular formula is C13H28N2O2. The Kier molecular flexibility index (Phi) is 8.61. The Labute approximate surface area is 106 Å². The fourth-order valence-electron chi connectivity index (χ4n) is 2.13. The van der Waals surface area contributed by atoms with Gasteiger partial charge in [-0.3, -0.25) is 9.80 Å². The van der Waals surface area contributed by atoms with Gasteiger partial charge >= 0.3 is 0 Å². The predicted molar refractivity (Wildman–Crippen MR) is 70.3 cm³/mol. The molecule has 4 heteroatoms. The van der Waals surface area contributed by atoms with Crippen molar-refractivity contribution in [1.82, 2.24) is 9.80 Å². The molecule has 1 aliphatic heterocycles. The summed E-state index contributed by atoms with van der Waals surface area (Å²) in [7, 11) is 0. The highest BCUT2D eigenvalue weighted by Crippen LogP contribution is 2.01. The van der Waals surface area contributed by atoms with E-state index in [1.54, 1.807) is 0 Å². The molecule has 17 heavy (non-hydrogen) atoms. The van der Waals surface area contributed by atoms with Crippen molar-refractivity contribution in [3.8, 4) is 0 Å². The van der Waals surface area contributed by atoms with Crippen LogP contribution in [0.25, 0.3) is 0 Å². The van der Waals surface area contributed by atoms with Crippen LogP contribution in [-0.2, 0) is 4.74 Å². The van der Waals surface area contributed by atoms with E-state index >= 15 is 0 Å². The monoisotopic (exact) mass is 244 g/mol. The van der Waals surface area contributed by atoms with E-state index in [-0.39, 0.29) is 6.61 Å². The third kappa shape index (κ3) is 6.99. The second-order valence-corrected chi connectivity index (χ2v) is 4.73. The molecule has 0 saturated carbocycles. The molecule has 1 aliphatic rings. The number of unbranched alkanes of at least 4 members (excludes halogenated alkanes) is 2. The van der Waals surface area contributed by atoms with Gasteiger partial charge in [0.2, 0.25) is 0 Å². The Morgan fingerprint density at radius 2 is 1.59 bits per heavy atom. The fourth-order valence-corrected chi connectivity index (χ4v) is 2.13. The normalized spacial score (nSPS) is 18.7. The molecule has 1 N–H and O–H groups in total. The van der Waals surface area contributed by atoms with Gasteiger partial charge in [-0.15, -0.1) is 0 Å². The Morgan fingerprint density at radius 3 is 2.18 bits per heavy atom. The maximum absolute atomic E-state index is 8.85. The first-order valence-corrected chi connectivity index (χ1v) is 7.00. The van der Waals surface area contributed by atoms with Gasteiger partial charge < -0.3 is 9.84 Å². The Balaban J connectivity index is 1.91. The second kappa shape index (κ2) is 9.83. The molecule has 0 aromatic heterocycles. The average molecular weight is 244 g/mol. The maximum atomic E-state index is 8.85. The highest BCUT2D eigenvalue weighted by atomic mass is 16.5. The van der Waals surface area contributed by atoms with E-state index < -0.39 is 0 Å². The average Bonchev–Trinajstić information content (AvgIpc) is 2.36. The molecule has 0 aliphatic carbocycles. The molecule has 0 spiro atoms. The topological polar surface area (TPSA) is 35.9 Å². The predicted octanol–water partition coefficient (Wildman–Crippen LogP) is 0.803. The highest BCUT2D eigenvalue weighted by molar-refractivity contribution is 4.71. The lowest BCUT2D eigenvalue weighted by atomic mass is 10.3.